The second kappa shape index (κ2) is 7.90. The molecule has 4 heteroatoms. The Morgan fingerprint density at radius 2 is 1.75 bits per heavy atom. The van der Waals surface area contributed by atoms with Crippen LogP contribution in [0.25, 0.3) is 0 Å². The molecular weight excluding hydrogens is 250 g/mol. The van der Waals surface area contributed by atoms with Gasteiger partial charge in [-0.15, -0.1) is 0 Å². The summed E-state index contributed by atoms with van der Waals surface area (Å²) in [4.78, 5) is 0. The zero-order valence-corrected chi connectivity index (χ0v) is 12.8. The first kappa shape index (κ1) is 16.5. The molecule has 1 atom stereocenters. The highest BCUT2D eigenvalue weighted by atomic mass is 16.4. The molecular formula is C16H27N3O. The summed E-state index contributed by atoms with van der Waals surface area (Å²) in [5, 5.41) is 15.8. The smallest absolute Gasteiger partial charge is 0.147 e. The van der Waals surface area contributed by atoms with Crippen LogP contribution in [-0.2, 0) is 0 Å². The standard InChI is InChI=1S/C16H27N3O/c1-4-16(5-2,6-3)18-12-14(15(17)19-20)13-10-8-7-9-11-13/h7-11,14,18,20H,4-6,12H2,1-3H3,(H2,17,19). The zero-order chi connectivity index (χ0) is 15.0. The summed E-state index contributed by atoms with van der Waals surface area (Å²) in [6.45, 7) is 7.26. The van der Waals surface area contributed by atoms with Crippen LogP contribution < -0.4 is 11.1 Å². The van der Waals surface area contributed by atoms with E-state index >= 15 is 0 Å². The van der Waals surface area contributed by atoms with E-state index in [0.29, 0.717) is 6.54 Å². The summed E-state index contributed by atoms with van der Waals surface area (Å²) in [5.41, 5.74) is 7.05. The van der Waals surface area contributed by atoms with Crippen LogP contribution in [-0.4, -0.2) is 23.1 Å². The minimum Gasteiger partial charge on any atom is -0.409 e. The summed E-state index contributed by atoms with van der Waals surface area (Å²) < 4.78 is 0. The predicted molar refractivity (Wildman–Crippen MR) is 84.2 cm³/mol. The van der Waals surface area contributed by atoms with Gasteiger partial charge in [-0.25, -0.2) is 0 Å². The maximum Gasteiger partial charge on any atom is 0.147 e. The number of rotatable bonds is 8. The largest absolute Gasteiger partial charge is 0.409 e. The van der Waals surface area contributed by atoms with Gasteiger partial charge >= 0.3 is 0 Å². The Morgan fingerprint density at radius 1 is 1.20 bits per heavy atom. The van der Waals surface area contributed by atoms with Crippen LogP contribution >= 0.6 is 0 Å². The van der Waals surface area contributed by atoms with Gasteiger partial charge in [-0.3, -0.25) is 0 Å². The van der Waals surface area contributed by atoms with Gasteiger partial charge in [0.25, 0.3) is 0 Å². The van der Waals surface area contributed by atoms with Crippen molar-refractivity contribution >= 4 is 5.84 Å². The average Bonchev–Trinajstić information content (AvgIpc) is 2.52. The van der Waals surface area contributed by atoms with Crippen LogP contribution in [0.3, 0.4) is 0 Å². The molecule has 1 rings (SSSR count). The molecule has 0 fully saturated rings. The van der Waals surface area contributed by atoms with Crippen LogP contribution in [0.15, 0.2) is 35.5 Å². The second-order valence-corrected chi connectivity index (χ2v) is 5.21. The molecule has 0 aliphatic heterocycles. The Bertz CT molecular complexity index is 405. The minimum atomic E-state index is -0.106. The van der Waals surface area contributed by atoms with Gasteiger partial charge in [-0.2, -0.15) is 0 Å². The van der Waals surface area contributed by atoms with Crippen LogP contribution in [0.5, 0.6) is 0 Å². The lowest BCUT2D eigenvalue weighted by atomic mass is 9.88. The number of nitrogens with zero attached hydrogens (tertiary/aromatic N) is 1. The molecule has 0 amide bonds. The molecule has 0 saturated heterocycles. The first-order chi connectivity index (χ1) is 9.62. The summed E-state index contributed by atoms with van der Waals surface area (Å²) in [6.07, 6.45) is 3.20. The summed E-state index contributed by atoms with van der Waals surface area (Å²) in [7, 11) is 0. The van der Waals surface area contributed by atoms with Gasteiger partial charge in [0.05, 0.1) is 5.92 Å². The van der Waals surface area contributed by atoms with Gasteiger partial charge in [0.1, 0.15) is 5.84 Å². The van der Waals surface area contributed by atoms with E-state index in [4.69, 9.17) is 10.9 Å². The molecule has 1 aromatic carbocycles. The highest BCUT2D eigenvalue weighted by Gasteiger charge is 2.26. The fourth-order valence-corrected chi connectivity index (χ4v) is 2.59. The number of amidine groups is 1. The van der Waals surface area contributed by atoms with Crippen molar-refractivity contribution in [2.24, 2.45) is 10.9 Å². The van der Waals surface area contributed by atoms with Crippen LogP contribution in [0.4, 0.5) is 0 Å². The molecule has 4 nitrogen and oxygen atoms in total. The summed E-state index contributed by atoms with van der Waals surface area (Å²) in [5.74, 6) is 0.145. The third-order valence-corrected chi connectivity index (χ3v) is 4.39. The zero-order valence-electron chi connectivity index (χ0n) is 12.8. The van der Waals surface area contributed by atoms with E-state index in [0.717, 1.165) is 24.8 Å². The lowest BCUT2D eigenvalue weighted by Crippen LogP contribution is -2.47. The Balaban J connectivity index is 2.87. The number of nitrogens with one attached hydrogen (secondary N) is 1. The first-order valence-electron chi connectivity index (χ1n) is 7.39. The Kier molecular flexibility index (Phi) is 6.52. The van der Waals surface area contributed by atoms with E-state index in [-0.39, 0.29) is 17.3 Å². The fraction of sp³-hybridized carbons (Fsp3) is 0.562. The highest BCUT2D eigenvalue weighted by molar-refractivity contribution is 5.87. The molecule has 0 bridgehead atoms. The van der Waals surface area contributed by atoms with Crippen molar-refractivity contribution in [1.82, 2.24) is 5.32 Å². The summed E-state index contributed by atoms with van der Waals surface area (Å²) in [6, 6.07) is 9.93. The second-order valence-electron chi connectivity index (χ2n) is 5.21. The first-order valence-corrected chi connectivity index (χ1v) is 7.39. The molecule has 0 aromatic heterocycles. The Morgan fingerprint density at radius 3 is 2.20 bits per heavy atom. The maximum absolute atomic E-state index is 9.00. The van der Waals surface area contributed by atoms with Crippen molar-refractivity contribution in [1.29, 1.82) is 0 Å². The van der Waals surface area contributed by atoms with Crippen molar-refractivity contribution in [3.05, 3.63) is 35.9 Å². The number of oxime groups is 1. The van der Waals surface area contributed by atoms with Gasteiger partial charge < -0.3 is 16.3 Å². The van der Waals surface area contributed by atoms with Gasteiger partial charge in [0.2, 0.25) is 0 Å². The van der Waals surface area contributed by atoms with Crippen molar-refractivity contribution in [3.8, 4) is 0 Å². The lowest BCUT2D eigenvalue weighted by Gasteiger charge is -2.33. The van der Waals surface area contributed by atoms with Crippen molar-refractivity contribution in [2.75, 3.05) is 6.54 Å². The number of benzene rings is 1. The number of nitrogens with two attached hydrogens (primary N) is 1. The van der Waals surface area contributed by atoms with Gasteiger partial charge in [-0.1, -0.05) is 56.3 Å². The van der Waals surface area contributed by atoms with Crippen molar-refractivity contribution in [3.63, 3.8) is 0 Å². The molecule has 0 spiro atoms. The monoisotopic (exact) mass is 277 g/mol. The van der Waals surface area contributed by atoms with E-state index < -0.39 is 0 Å². The summed E-state index contributed by atoms with van der Waals surface area (Å²) >= 11 is 0. The number of hydrogen-bond acceptors (Lipinski definition) is 3. The van der Waals surface area contributed by atoms with E-state index in [1.165, 1.54) is 0 Å². The van der Waals surface area contributed by atoms with Gasteiger partial charge in [-0.05, 0) is 24.8 Å². The van der Waals surface area contributed by atoms with E-state index in [1.54, 1.807) is 0 Å². The molecule has 0 radical (unpaired) electrons. The molecule has 0 saturated carbocycles. The molecule has 0 aliphatic rings. The SMILES string of the molecule is CCC(CC)(CC)NCC(C(N)=NO)c1ccccc1. The molecule has 1 unspecified atom stereocenters. The quantitative estimate of drug-likeness (QED) is 0.296. The highest BCUT2D eigenvalue weighted by Crippen LogP contribution is 2.22. The van der Waals surface area contributed by atoms with Gasteiger partial charge in [0, 0.05) is 12.1 Å². The topological polar surface area (TPSA) is 70.6 Å². The minimum absolute atomic E-state index is 0.106. The van der Waals surface area contributed by atoms with Crippen molar-refractivity contribution in [2.45, 2.75) is 51.5 Å². The third kappa shape index (κ3) is 3.97. The molecule has 112 valence electrons. The fourth-order valence-electron chi connectivity index (χ4n) is 2.59. The molecule has 20 heavy (non-hydrogen) atoms. The Labute approximate surface area is 122 Å². The van der Waals surface area contributed by atoms with Crippen LogP contribution in [0.1, 0.15) is 51.5 Å². The van der Waals surface area contributed by atoms with Gasteiger partial charge in [0.15, 0.2) is 0 Å². The third-order valence-electron chi connectivity index (χ3n) is 4.39. The maximum atomic E-state index is 9.00. The molecule has 1 aromatic rings. The number of hydrogen-bond donors (Lipinski definition) is 3. The lowest BCUT2D eigenvalue weighted by molar-refractivity contribution is 0.286. The molecule has 0 aliphatic carbocycles. The van der Waals surface area contributed by atoms with E-state index in [1.807, 2.05) is 30.3 Å². The normalized spacial score (nSPS) is 14.2. The van der Waals surface area contributed by atoms with Crippen LogP contribution in [0.2, 0.25) is 0 Å². The van der Waals surface area contributed by atoms with Crippen molar-refractivity contribution < 1.29 is 5.21 Å². The van der Waals surface area contributed by atoms with Crippen LogP contribution in [0, 0.1) is 0 Å². The average molecular weight is 277 g/mol. The predicted octanol–water partition coefficient (Wildman–Crippen LogP) is 3.08. The molecule has 0 heterocycles. The van der Waals surface area contributed by atoms with E-state index in [9.17, 15) is 0 Å². The Hall–Kier alpha value is -1.55. The van der Waals surface area contributed by atoms with E-state index in [2.05, 4.69) is 31.2 Å². The molecule has 4 N–H and O–H groups in total.